The van der Waals surface area contributed by atoms with Gasteiger partial charge in [0.25, 0.3) is 11.8 Å². The fourth-order valence-electron chi connectivity index (χ4n) is 3.84. The molecule has 6 atom stereocenters. The van der Waals surface area contributed by atoms with Crippen molar-refractivity contribution in [2.75, 3.05) is 31.3 Å². The van der Waals surface area contributed by atoms with E-state index in [-0.39, 0.29) is 53.2 Å². The van der Waals surface area contributed by atoms with Crippen molar-refractivity contribution < 1.29 is 42.3 Å². The Hall–Kier alpha value is -1.69. The third-order valence-corrected chi connectivity index (χ3v) is 10.3. The normalized spacial score (nSPS) is 24.4. The van der Waals surface area contributed by atoms with E-state index in [1.165, 1.54) is 17.8 Å². The van der Waals surface area contributed by atoms with Crippen molar-refractivity contribution in [2.45, 2.75) is 84.2 Å². The van der Waals surface area contributed by atoms with Gasteiger partial charge in [-0.25, -0.2) is 14.5 Å². The van der Waals surface area contributed by atoms with Gasteiger partial charge in [0, 0.05) is 11.2 Å². The second-order valence-electron chi connectivity index (χ2n) is 11.1. The summed E-state index contributed by atoms with van der Waals surface area (Å²) in [4.78, 5) is 37.1. The molecule has 2 aromatic rings. The molecule has 3 rings (SSSR count). The summed E-state index contributed by atoms with van der Waals surface area (Å²) in [5.74, 6) is -0.412. The van der Waals surface area contributed by atoms with Crippen molar-refractivity contribution in [3.63, 3.8) is 0 Å². The van der Waals surface area contributed by atoms with Crippen LogP contribution in [0.15, 0.2) is 6.33 Å². The molecule has 248 valence electrons. The number of nitrogens with two attached hydrogens (primary N) is 1. The van der Waals surface area contributed by atoms with Crippen molar-refractivity contribution in [3.8, 4) is 5.88 Å². The number of fused-ring (bicyclic) bond motifs is 1. The number of carbonyl (C=O) groups is 2. The lowest BCUT2D eigenvalue weighted by Gasteiger charge is -2.28. The van der Waals surface area contributed by atoms with Gasteiger partial charge in [0.1, 0.15) is 18.2 Å². The predicted molar refractivity (Wildman–Crippen MR) is 167 cm³/mol. The topological polar surface area (TPSA) is 182 Å². The van der Waals surface area contributed by atoms with Crippen LogP contribution in [0.2, 0.25) is 0 Å². The van der Waals surface area contributed by atoms with E-state index in [0.717, 1.165) is 11.8 Å². The van der Waals surface area contributed by atoms with Crippen molar-refractivity contribution in [2.24, 2.45) is 5.41 Å². The third kappa shape index (κ3) is 8.97. The lowest BCUT2D eigenvalue weighted by molar-refractivity contribution is -0.149. The van der Waals surface area contributed by atoms with E-state index < -0.39 is 54.2 Å². The zero-order chi connectivity index (χ0) is 33.0. The Kier molecular flexibility index (Phi) is 12.4. The number of nitrogens with zero attached hydrogens (tertiary/aromatic N) is 4. The molecule has 2 aromatic heterocycles. The molecule has 4 N–H and O–H groups in total. The first-order valence-corrected chi connectivity index (χ1v) is 17.8. The highest BCUT2D eigenvalue weighted by molar-refractivity contribution is 8.13. The predicted octanol–water partition coefficient (Wildman–Crippen LogP) is 3.46. The highest BCUT2D eigenvalue weighted by Gasteiger charge is 2.58. The first kappa shape index (κ1) is 36.8. The highest BCUT2D eigenvalue weighted by Crippen LogP contribution is 2.49. The Morgan fingerprint density at radius 3 is 2.64 bits per heavy atom. The van der Waals surface area contributed by atoms with Crippen LogP contribution in [0.3, 0.4) is 0 Å². The van der Waals surface area contributed by atoms with Crippen molar-refractivity contribution in [3.05, 3.63) is 6.33 Å². The zero-order valence-corrected chi connectivity index (χ0v) is 28.8. The van der Waals surface area contributed by atoms with E-state index in [1.54, 1.807) is 41.5 Å². The number of thioether (sulfide) groups is 1. The molecular formula is C25H39ClFN6O8PS2. The first-order valence-electron chi connectivity index (χ1n) is 13.8. The number of carbonyl (C=O) groups excluding carboxylic acids is 2. The molecule has 0 saturated carbocycles. The van der Waals surface area contributed by atoms with Crippen LogP contribution in [-0.2, 0) is 39.9 Å². The van der Waals surface area contributed by atoms with E-state index in [1.807, 2.05) is 0 Å². The minimum atomic E-state index is -3.51. The molecule has 0 amide bonds. The van der Waals surface area contributed by atoms with Crippen molar-refractivity contribution in [1.29, 1.82) is 0 Å². The summed E-state index contributed by atoms with van der Waals surface area (Å²) in [5, 5.41) is 10.8. The minimum absolute atomic E-state index is 0.00765. The summed E-state index contributed by atoms with van der Waals surface area (Å²) in [7, 11) is 0. The smallest absolute Gasteiger partial charge is 0.323 e. The van der Waals surface area contributed by atoms with Crippen molar-refractivity contribution >= 4 is 70.0 Å². The molecule has 0 unspecified atom stereocenters. The Balaban J connectivity index is 1.78. The number of halogens is 2. The Labute approximate surface area is 269 Å². The summed E-state index contributed by atoms with van der Waals surface area (Å²) < 4.78 is 45.3. The van der Waals surface area contributed by atoms with Crippen molar-refractivity contribution in [1.82, 2.24) is 24.6 Å². The maximum atomic E-state index is 15.9. The van der Waals surface area contributed by atoms with E-state index in [0.29, 0.717) is 0 Å². The fraction of sp³-hybridized carbons (Fsp3) is 0.720. The number of alkyl halides is 2. The summed E-state index contributed by atoms with van der Waals surface area (Å²) in [5.41, 5.74) is 5.51. The van der Waals surface area contributed by atoms with E-state index >= 15 is 4.39 Å². The second-order valence-corrected chi connectivity index (χ2v) is 16.0. The van der Waals surface area contributed by atoms with Crippen LogP contribution < -0.4 is 15.6 Å². The van der Waals surface area contributed by atoms with Gasteiger partial charge in [-0.15, -0.1) is 0 Å². The van der Waals surface area contributed by atoms with Gasteiger partial charge >= 0.3 is 5.97 Å². The van der Waals surface area contributed by atoms with Gasteiger partial charge in [-0.1, -0.05) is 44.1 Å². The number of rotatable bonds is 14. The average molecular weight is 701 g/mol. The minimum Gasteiger partial charge on any atom is -0.476 e. The number of aliphatic hydroxyl groups excluding tert-OH is 1. The van der Waals surface area contributed by atoms with Gasteiger partial charge in [-0.2, -0.15) is 9.97 Å². The number of hydrogen-bond acceptors (Lipinski definition) is 14. The van der Waals surface area contributed by atoms with Gasteiger partial charge in [0.05, 0.1) is 32.3 Å². The summed E-state index contributed by atoms with van der Waals surface area (Å²) in [6.45, 7) is 8.33. The molecule has 1 saturated heterocycles. The fourth-order valence-corrected chi connectivity index (χ4v) is 7.40. The number of aromatic nitrogens is 4. The maximum Gasteiger partial charge on any atom is 0.323 e. The van der Waals surface area contributed by atoms with Crippen LogP contribution in [0.5, 0.6) is 5.88 Å². The van der Waals surface area contributed by atoms with Gasteiger partial charge in [-0.3, -0.25) is 14.2 Å². The van der Waals surface area contributed by atoms with Crippen LogP contribution in [-0.4, -0.2) is 90.8 Å². The molecule has 0 radical (unpaired) electrons. The molecule has 0 aliphatic carbocycles. The molecule has 1 aliphatic rings. The zero-order valence-electron chi connectivity index (χ0n) is 25.5. The molecule has 3 heterocycles. The molecule has 19 heteroatoms. The largest absolute Gasteiger partial charge is 0.476 e. The number of aliphatic hydroxyl groups is 1. The molecule has 14 nitrogen and oxygen atoms in total. The number of esters is 1. The number of anilines is 1. The van der Waals surface area contributed by atoms with E-state index in [2.05, 4.69) is 20.0 Å². The Morgan fingerprint density at radius 1 is 1.34 bits per heavy atom. The summed E-state index contributed by atoms with van der Waals surface area (Å²) >= 11 is 12.9. The Bertz CT molecular complexity index is 1380. The van der Waals surface area contributed by atoms with Gasteiger partial charge in [0.15, 0.2) is 22.5 Å². The van der Waals surface area contributed by atoms with E-state index in [9.17, 15) is 14.7 Å². The van der Waals surface area contributed by atoms with Crippen LogP contribution >= 0.6 is 30.0 Å². The van der Waals surface area contributed by atoms with Gasteiger partial charge in [-0.05, 0) is 39.5 Å². The lowest BCUT2D eigenvalue weighted by Crippen LogP contribution is -2.39. The van der Waals surface area contributed by atoms with Crippen LogP contribution in [0.25, 0.3) is 11.2 Å². The number of imidazole rings is 1. The maximum absolute atomic E-state index is 15.9. The van der Waals surface area contributed by atoms with Crippen LogP contribution in [0, 0.1) is 5.41 Å². The highest BCUT2D eigenvalue weighted by atomic mass is 35.5. The Morgan fingerprint density at radius 2 is 2.02 bits per heavy atom. The molecular weight excluding hydrogens is 662 g/mol. The van der Waals surface area contributed by atoms with E-state index in [4.69, 9.17) is 52.4 Å². The molecule has 0 spiro atoms. The standard InChI is InChI=1S/C25H39ClFN6O8PS2/c1-8-37-19-16-18(30-23(28)31-19)33(12-29-16)21-25(26,27)17(34)15(41-21)11-39-42(43,32-14(4)20(35)40-13(2)3)38-9-10-44-22(36)24(5,6)7/h12-15,17,21,34H,8-11H2,1-7H3,(H,32,43)(H2,28,30,31)/t14-,15+,17+,21+,25+,42+/m0/s1. The average Bonchev–Trinajstić information content (AvgIpc) is 3.42. The number of ether oxygens (including phenoxy) is 3. The van der Waals surface area contributed by atoms with Crippen LogP contribution in [0.1, 0.15) is 54.7 Å². The summed E-state index contributed by atoms with van der Waals surface area (Å²) in [6.07, 6.45) is -4.02. The SMILES string of the molecule is CCOc1nc(N)nc2c1ncn2[C@@H]1O[C@H](CO[P@@](=S)(N[C@@H](C)C(=O)OC(C)C)OCCSC(=O)C(C)(C)C)[C@@H](O)[C@]1(F)Cl. The van der Waals surface area contributed by atoms with Gasteiger partial charge < -0.3 is 34.1 Å². The lowest BCUT2D eigenvalue weighted by atomic mass is 10.00. The number of hydrogen-bond donors (Lipinski definition) is 3. The third-order valence-electron chi connectivity index (χ3n) is 5.98. The number of nitrogens with one attached hydrogen (secondary N) is 1. The monoisotopic (exact) mass is 700 g/mol. The molecule has 44 heavy (non-hydrogen) atoms. The molecule has 1 aliphatic heterocycles. The first-order chi connectivity index (χ1) is 20.4. The molecule has 0 aromatic carbocycles. The molecule has 1 fully saturated rings. The second kappa shape index (κ2) is 14.8. The quantitative estimate of drug-likeness (QED) is 0.113. The van der Waals surface area contributed by atoms with Gasteiger partial charge in [0.2, 0.25) is 11.8 Å². The van der Waals surface area contributed by atoms with Crippen LogP contribution in [0.4, 0.5) is 10.3 Å². The number of nitrogen functional groups attached to an aromatic ring is 1. The summed E-state index contributed by atoms with van der Waals surface area (Å²) in [6, 6.07) is -0.940. The molecule has 0 bridgehead atoms.